The van der Waals surface area contributed by atoms with Gasteiger partial charge in [0.25, 0.3) is 10.1 Å². The van der Waals surface area contributed by atoms with Gasteiger partial charge in [-0.2, -0.15) is 8.42 Å². The lowest BCUT2D eigenvalue weighted by molar-refractivity contribution is 0.483. The molecule has 0 aliphatic carbocycles. The van der Waals surface area contributed by atoms with Crippen LogP contribution in [0.4, 0.5) is 0 Å². The predicted octanol–water partition coefficient (Wildman–Crippen LogP) is 1.97. The van der Waals surface area contributed by atoms with Crippen LogP contribution in [0.2, 0.25) is 0 Å². The second kappa shape index (κ2) is 7.34. The first-order valence-electron chi connectivity index (χ1n) is 6.09. The number of nitrogens with one attached hydrogen (secondary N) is 1. The fraction of sp³-hybridized carbons (Fsp3) is 0. The molecule has 0 radical (unpaired) electrons. The number of rotatable bonds is 3. The first-order chi connectivity index (χ1) is 10.0. The third kappa shape index (κ3) is 4.36. The van der Waals surface area contributed by atoms with E-state index in [2.05, 4.69) is 15.0 Å². The van der Waals surface area contributed by atoms with E-state index in [1.165, 1.54) is 12.1 Å². The number of hydrogen-bond donors (Lipinski definition) is 2. The van der Waals surface area contributed by atoms with Crippen LogP contribution in [0.5, 0.6) is 0 Å². The van der Waals surface area contributed by atoms with Crippen LogP contribution in [0.1, 0.15) is 11.5 Å². The average molecular weight is 356 g/mol. The van der Waals surface area contributed by atoms with E-state index in [0.717, 1.165) is 5.69 Å². The summed E-state index contributed by atoms with van der Waals surface area (Å²) >= 11 is 0. The Bertz CT molecular complexity index is 924. The molecule has 1 aromatic carbocycles. The highest BCUT2D eigenvalue weighted by Gasteiger charge is 2.11. The summed E-state index contributed by atoms with van der Waals surface area (Å²) in [6.45, 7) is 0. The van der Waals surface area contributed by atoms with Gasteiger partial charge in [0.15, 0.2) is 0 Å². The Kier molecular flexibility index (Phi) is 5.99. The van der Waals surface area contributed by atoms with Gasteiger partial charge in [-0.25, -0.2) is 4.98 Å². The molecule has 2 aromatic heterocycles. The van der Waals surface area contributed by atoms with Crippen molar-refractivity contribution in [2.75, 3.05) is 0 Å². The molecule has 3 aromatic rings. The summed E-state index contributed by atoms with van der Waals surface area (Å²) in [5.41, 5.74) is 1.94. The number of aromatic nitrogens is 3. The summed E-state index contributed by atoms with van der Waals surface area (Å²) in [5, 5.41) is 0. The van der Waals surface area contributed by atoms with Crippen molar-refractivity contribution in [2.24, 2.45) is 0 Å². The van der Waals surface area contributed by atoms with E-state index in [-0.39, 0.29) is 22.8 Å². The Morgan fingerprint density at radius 2 is 1.91 bits per heavy atom. The van der Waals surface area contributed by atoms with Crippen LogP contribution in [0.3, 0.4) is 0 Å². The maximum Gasteiger partial charge on any atom is 0.294 e. The molecule has 0 aliphatic heterocycles. The molecule has 0 aliphatic rings. The zero-order valence-electron chi connectivity index (χ0n) is 11.7. The minimum atomic E-state index is -4.22. The Morgan fingerprint density at radius 1 is 1.13 bits per heavy atom. The Hall–Kier alpha value is -2.26. The number of benzene rings is 1. The molecule has 0 saturated heterocycles. The van der Waals surface area contributed by atoms with Crippen molar-refractivity contribution in [3.8, 4) is 0 Å². The van der Waals surface area contributed by atoms with Crippen LogP contribution < -0.4 is 0 Å². The smallest absolute Gasteiger partial charge is 0.294 e. The zero-order valence-corrected chi connectivity index (χ0v) is 13.3. The third-order valence-corrected chi connectivity index (χ3v) is 3.72. The van der Waals surface area contributed by atoms with Crippen LogP contribution >= 0.6 is 12.4 Å². The van der Waals surface area contributed by atoms with Gasteiger partial charge >= 0.3 is 0 Å². The van der Waals surface area contributed by atoms with Crippen molar-refractivity contribution in [3.05, 3.63) is 54.1 Å². The van der Waals surface area contributed by atoms with E-state index in [1.807, 2.05) is 18.2 Å². The van der Waals surface area contributed by atoms with Crippen LogP contribution in [0.15, 0.2) is 47.5 Å². The molecule has 4 N–H and O–H groups in total. The molecule has 122 valence electrons. The second-order valence-corrected chi connectivity index (χ2v) is 5.79. The number of H-pyrrole nitrogens is 1. The molecule has 0 bridgehead atoms. The van der Waals surface area contributed by atoms with Gasteiger partial charge in [0.1, 0.15) is 5.82 Å². The van der Waals surface area contributed by atoms with Crippen molar-refractivity contribution in [1.82, 2.24) is 15.0 Å². The van der Waals surface area contributed by atoms with Crippen LogP contribution in [0, 0.1) is 0 Å². The van der Waals surface area contributed by atoms with Gasteiger partial charge in [-0.05, 0) is 42.5 Å². The van der Waals surface area contributed by atoms with Crippen LogP contribution in [-0.4, -0.2) is 33.4 Å². The lowest BCUT2D eigenvalue weighted by Crippen LogP contribution is -1.97. The minimum Gasteiger partial charge on any atom is -0.412 e. The van der Waals surface area contributed by atoms with E-state index in [4.69, 9.17) is 4.55 Å². The quantitative estimate of drug-likeness (QED) is 0.694. The minimum absolute atomic E-state index is 0. The maximum atomic E-state index is 11.1. The summed E-state index contributed by atoms with van der Waals surface area (Å²) in [6, 6.07) is 9.76. The first-order valence-corrected chi connectivity index (χ1v) is 7.53. The second-order valence-electron chi connectivity index (χ2n) is 4.36. The van der Waals surface area contributed by atoms with Gasteiger partial charge in [0, 0.05) is 6.20 Å². The van der Waals surface area contributed by atoms with Crippen LogP contribution in [0.25, 0.3) is 23.2 Å². The molecule has 23 heavy (non-hydrogen) atoms. The highest BCUT2D eigenvalue weighted by Crippen LogP contribution is 2.18. The Labute approximate surface area is 138 Å². The molecule has 0 unspecified atom stereocenters. The summed E-state index contributed by atoms with van der Waals surface area (Å²) in [6.07, 6.45) is 5.23. The summed E-state index contributed by atoms with van der Waals surface area (Å²) in [4.78, 5) is 11.3. The summed E-state index contributed by atoms with van der Waals surface area (Å²) < 4.78 is 31.2. The van der Waals surface area contributed by atoms with E-state index in [1.54, 1.807) is 24.4 Å². The van der Waals surface area contributed by atoms with Crippen molar-refractivity contribution in [3.63, 3.8) is 0 Å². The van der Waals surface area contributed by atoms with Gasteiger partial charge in [0.2, 0.25) is 0 Å². The predicted molar refractivity (Wildman–Crippen MR) is 89.9 cm³/mol. The lowest BCUT2D eigenvalue weighted by Gasteiger charge is -1.94. The molecule has 0 saturated carbocycles. The maximum absolute atomic E-state index is 11.1. The molecule has 9 heteroatoms. The van der Waals surface area contributed by atoms with E-state index >= 15 is 0 Å². The SMILES string of the molecule is Cl.O.O=S(=O)(O)c1ccc2[nH]c(/C=C/c3ccccn3)nc2c1. The Morgan fingerprint density at radius 3 is 2.57 bits per heavy atom. The van der Waals surface area contributed by atoms with Crippen molar-refractivity contribution >= 4 is 45.7 Å². The highest BCUT2D eigenvalue weighted by atomic mass is 35.5. The molecule has 0 fully saturated rings. The van der Waals surface area contributed by atoms with E-state index in [9.17, 15) is 8.42 Å². The summed E-state index contributed by atoms with van der Waals surface area (Å²) in [7, 11) is -4.22. The van der Waals surface area contributed by atoms with Crippen molar-refractivity contribution in [1.29, 1.82) is 0 Å². The summed E-state index contributed by atoms with van der Waals surface area (Å²) in [5.74, 6) is 0.572. The lowest BCUT2D eigenvalue weighted by atomic mass is 10.3. The van der Waals surface area contributed by atoms with Crippen molar-refractivity contribution < 1.29 is 18.4 Å². The van der Waals surface area contributed by atoms with Gasteiger partial charge in [-0.3, -0.25) is 9.54 Å². The van der Waals surface area contributed by atoms with E-state index < -0.39 is 10.1 Å². The topological polar surface area (TPSA) is 127 Å². The average Bonchev–Trinajstić information content (AvgIpc) is 2.87. The highest BCUT2D eigenvalue weighted by molar-refractivity contribution is 7.85. The van der Waals surface area contributed by atoms with Gasteiger partial charge in [0.05, 0.1) is 21.6 Å². The Balaban J connectivity index is 0.00000132. The first kappa shape index (κ1) is 18.8. The van der Waals surface area contributed by atoms with Crippen molar-refractivity contribution in [2.45, 2.75) is 4.90 Å². The van der Waals surface area contributed by atoms with Crippen LogP contribution in [-0.2, 0) is 10.1 Å². The molecule has 0 amide bonds. The van der Waals surface area contributed by atoms with Gasteiger partial charge in [-0.1, -0.05) is 6.07 Å². The largest absolute Gasteiger partial charge is 0.412 e. The number of imidazole rings is 1. The number of aromatic amines is 1. The van der Waals surface area contributed by atoms with Gasteiger partial charge < -0.3 is 10.5 Å². The molecule has 2 heterocycles. The molecule has 7 nitrogen and oxygen atoms in total. The number of halogens is 1. The molecule has 3 rings (SSSR count). The van der Waals surface area contributed by atoms with E-state index in [0.29, 0.717) is 16.9 Å². The molecule has 0 spiro atoms. The fourth-order valence-electron chi connectivity index (χ4n) is 1.88. The number of hydrogen-bond acceptors (Lipinski definition) is 4. The molecular formula is C14H14ClN3O4S. The monoisotopic (exact) mass is 355 g/mol. The third-order valence-electron chi connectivity index (χ3n) is 2.87. The van der Waals surface area contributed by atoms with Gasteiger partial charge in [-0.15, -0.1) is 12.4 Å². The number of pyridine rings is 1. The normalized spacial score (nSPS) is 11.2. The number of nitrogens with zero attached hydrogens (tertiary/aromatic N) is 2. The zero-order chi connectivity index (χ0) is 14.9. The fourth-order valence-corrected chi connectivity index (χ4v) is 2.38. The molecule has 0 atom stereocenters. The standard InChI is InChI=1S/C14H11N3O3S.ClH.H2O/c18-21(19,20)11-5-6-12-13(9-11)17-14(16-12)7-4-10-3-1-2-8-15-10;;/h1-9H,(H,16,17)(H,18,19,20);1H;1H2/b7-4+;;. The molecular weight excluding hydrogens is 342 g/mol. The number of fused-ring (bicyclic) bond motifs is 1.